The Bertz CT molecular complexity index is 538. The molecule has 0 aromatic rings. The lowest BCUT2D eigenvalue weighted by Gasteiger charge is -2.35. The van der Waals surface area contributed by atoms with E-state index in [1.165, 1.54) is 0 Å². The van der Waals surface area contributed by atoms with Gasteiger partial charge in [0.2, 0.25) is 10.0 Å². The van der Waals surface area contributed by atoms with E-state index in [2.05, 4.69) is 0 Å². The van der Waals surface area contributed by atoms with Gasteiger partial charge in [0, 0.05) is 12.8 Å². The number of carbonyl (C=O) groups is 1. The summed E-state index contributed by atoms with van der Waals surface area (Å²) in [6.07, 6.45) is 2.39. The van der Waals surface area contributed by atoms with Crippen LogP contribution in [0.25, 0.3) is 0 Å². The summed E-state index contributed by atoms with van der Waals surface area (Å²) >= 11 is 0. The van der Waals surface area contributed by atoms with Gasteiger partial charge in [0.05, 0.1) is 0 Å². The molecule has 0 aromatic heterocycles. The van der Waals surface area contributed by atoms with Gasteiger partial charge in [0.15, 0.2) is 14.9 Å². The second-order valence-electron chi connectivity index (χ2n) is 4.92. The average molecular weight is 313 g/mol. The normalized spacial score (nSPS) is 26.2. The van der Waals surface area contributed by atoms with Crippen LogP contribution in [0.2, 0.25) is 0 Å². The van der Waals surface area contributed by atoms with Crippen LogP contribution in [0.5, 0.6) is 0 Å². The maximum absolute atomic E-state index is 12.0. The van der Waals surface area contributed by atoms with Crippen LogP contribution in [0.15, 0.2) is 0 Å². The number of rotatable bonds is 5. The molecule has 7 nitrogen and oxygen atoms in total. The van der Waals surface area contributed by atoms with E-state index in [0.717, 1.165) is 17.0 Å². The molecule has 0 saturated carbocycles. The van der Waals surface area contributed by atoms with Crippen molar-refractivity contribution in [3.63, 3.8) is 0 Å². The van der Waals surface area contributed by atoms with E-state index in [-0.39, 0.29) is 18.9 Å². The zero-order chi connectivity index (χ0) is 14.8. The van der Waals surface area contributed by atoms with Crippen molar-refractivity contribution in [2.75, 3.05) is 17.9 Å². The molecule has 1 aliphatic heterocycles. The fourth-order valence-electron chi connectivity index (χ4n) is 2.28. The number of hydrogen-bond acceptors (Lipinski definition) is 5. The molecule has 9 heteroatoms. The van der Waals surface area contributed by atoms with Crippen molar-refractivity contribution < 1.29 is 26.7 Å². The van der Waals surface area contributed by atoms with E-state index in [9.17, 15) is 21.6 Å². The minimum atomic E-state index is -4.10. The minimum Gasteiger partial charge on any atom is -0.480 e. The van der Waals surface area contributed by atoms with Gasteiger partial charge in [-0.3, -0.25) is 4.79 Å². The van der Waals surface area contributed by atoms with Gasteiger partial charge in [-0.25, -0.2) is 16.8 Å². The lowest BCUT2D eigenvalue weighted by atomic mass is 9.90. The molecule has 19 heavy (non-hydrogen) atoms. The molecule has 0 spiro atoms. The maximum atomic E-state index is 12.0. The Morgan fingerprint density at radius 2 is 1.89 bits per heavy atom. The molecule has 1 N–H and O–H groups in total. The van der Waals surface area contributed by atoms with Crippen LogP contribution < -0.4 is 0 Å². The first-order chi connectivity index (χ1) is 8.57. The Labute approximate surface area is 113 Å². The fraction of sp³-hybridized carbons (Fsp3) is 0.900. The molecule has 2 unspecified atom stereocenters. The number of carboxylic acids is 1. The molecule has 1 aliphatic rings. The molecule has 112 valence electrons. The van der Waals surface area contributed by atoms with E-state index in [0.29, 0.717) is 6.42 Å². The van der Waals surface area contributed by atoms with Crippen molar-refractivity contribution in [3.05, 3.63) is 0 Å². The monoisotopic (exact) mass is 313 g/mol. The molecule has 0 radical (unpaired) electrons. The summed E-state index contributed by atoms with van der Waals surface area (Å²) in [5.74, 6) is -1.07. The number of nitrogens with zero attached hydrogens (tertiary/aromatic N) is 1. The van der Waals surface area contributed by atoms with Crippen molar-refractivity contribution in [2.45, 2.75) is 32.2 Å². The predicted octanol–water partition coefficient (Wildman–Crippen LogP) is -0.106. The highest BCUT2D eigenvalue weighted by atomic mass is 32.3. The van der Waals surface area contributed by atoms with Crippen LogP contribution in [-0.2, 0) is 24.7 Å². The molecular weight excluding hydrogens is 294 g/mol. The highest BCUT2D eigenvalue weighted by molar-refractivity contribution is 8.06. The van der Waals surface area contributed by atoms with Gasteiger partial charge in [0.25, 0.3) is 0 Å². The van der Waals surface area contributed by atoms with E-state index in [1.807, 2.05) is 6.92 Å². The molecule has 1 heterocycles. The van der Waals surface area contributed by atoms with E-state index < -0.39 is 37.0 Å². The number of aliphatic carboxylic acids is 1. The average Bonchev–Trinajstić information content (AvgIpc) is 2.24. The van der Waals surface area contributed by atoms with Crippen molar-refractivity contribution >= 4 is 25.8 Å². The summed E-state index contributed by atoms with van der Waals surface area (Å²) in [7, 11) is -7.82. The van der Waals surface area contributed by atoms with Crippen LogP contribution in [0.1, 0.15) is 26.2 Å². The standard InChI is InChI=1S/C10H19NO6S2/c1-3-8-4-5-11(9(6-8)10(12)13)19(16,17)7-18(2,14)15/h8-9H,3-7H2,1-2H3,(H,12,13). The third kappa shape index (κ3) is 4.43. The third-order valence-corrected chi connectivity index (χ3v) is 7.30. The topological polar surface area (TPSA) is 109 Å². The molecule has 0 aromatic carbocycles. The SMILES string of the molecule is CCC1CCN(S(=O)(=O)CS(C)(=O)=O)C(C(=O)O)C1. The van der Waals surface area contributed by atoms with Crippen LogP contribution in [0.3, 0.4) is 0 Å². The quantitative estimate of drug-likeness (QED) is 0.759. The van der Waals surface area contributed by atoms with Gasteiger partial charge in [-0.1, -0.05) is 13.3 Å². The maximum Gasteiger partial charge on any atom is 0.322 e. The number of hydrogen-bond donors (Lipinski definition) is 1. The molecular formula is C10H19NO6S2. The summed E-state index contributed by atoms with van der Waals surface area (Å²) < 4.78 is 47.1. The number of piperidine rings is 1. The van der Waals surface area contributed by atoms with Crippen molar-refractivity contribution in [1.82, 2.24) is 4.31 Å². The van der Waals surface area contributed by atoms with Crippen LogP contribution in [0, 0.1) is 5.92 Å². The zero-order valence-electron chi connectivity index (χ0n) is 10.9. The van der Waals surface area contributed by atoms with Crippen molar-refractivity contribution in [1.29, 1.82) is 0 Å². The molecule has 1 rings (SSSR count). The Morgan fingerprint density at radius 1 is 1.32 bits per heavy atom. The van der Waals surface area contributed by atoms with Gasteiger partial charge in [-0.15, -0.1) is 0 Å². The highest BCUT2D eigenvalue weighted by Gasteiger charge is 2.40. The van der Waals surface area contributed by atoms with Gasteiger partial charge in [-0.2, -0.15) is 4.31 Å². The van der Waals surface area contributed by atoms with E-state index in [4.69, 9.17) is 5.11 Å². The van der Waals surface area contributed by atoms with Gasteiger partial charge < -0.3 is 5.11 Å². The summed E-state index contributed by atoms with van der Waals surface area (Å²) in [6, 6.07) is -1.16. The predicted molar refractivity (Wildman–Crippen MR) is 69.8 cm³/mol. The van der Waals surface area contributed by atoms with Gasteiger partial charge in [0.1, 0.15) is 6.04 Å². The number of sulfone groups is 1. The Balaban J connectivity index is 3.01. The number of sulfonamides is 1. The summed E-state index contributed by atoms with van der Waals surface area (Å²) in [5, 5.41) is 8.09. The molecule has 0 aliphatic carbocycles. The summed E-state index contributed by atoms with van der Waals surface area (Å²) in [6.45, 7) is 1.98. The van der Waals surface area contributed by atoms with Crippen LogP contribution >= 0.6 is 0 Å². The second kappa shape index (κ2) is 5.76. The molecule has 0 bridgehead atoms. The first kappa shape index (κ1) is 16.4. The largest absolute Gasteiger partial charge is 0.480 e. The Kier molecular flexibility index (Phi) is 4.97. The molecule has 2 atom stereocenters. The Hall–Kier alpha value is -0.670. The second-order valence-corrected chi connectivity index (χ2v) is 9.35. The van der Waals surface area contributed by atoms with Gasteiger partial charge in [-0.05, 0) is 18.8 Å². The Morgan fingerprint density at radius 3 is 2.32 bits per heavy atom. The lowest BCUT2D eigenvalue weighted by Crippen LogP contribution is -2.51. The van der Waals surface area contributed by atoms with Crippen LogP contribution in [-0.4, -0.2) is 56.1 Å². The summed E-state index contributed by atoms with van der Waals surface area (Å²) in [5.41, 5.74) is 0. The van der Waals surface area contributed by atoms with Crippen molar-refractivity contribution in [3.8, 4) is 0 Å². The molecule has 1 saturated heterocycles. The van der Waals surface area contributed by atoms with E-state index >= 15 is 0 Å². The third-order valence-electron chi connectivity index (χ3n) is 3.24. The van der Waals surface area contributed by atoms with E-state index in [1.54, 1.807) is 0 Å². The zero-order valence-corrected chi connectivity index (χ0v) is 12.6. The highest BCUT2D eigenvalue weighted by Crippen LogP contribution is 2.28. The molecule has 0 amide bonds. The fourth-order valence-corrected chi connectivity index (χ4v) is 5.94. The van der Waals surface area contributed by atoms with Gasteiger partial charge >= 0.3 is 5.97 Å². The number of carboxylic acid groups (broad SMARTS) is 1. The first-order valence-electron chi connectivity index (χ1n) is 5.97. The van der Waals surface area contributed by atoms with Crippen LogP contribution in [0.4, 0.5) is 0 Å². The molecule has 1 fully saturated rings. The van der Waals surface area contributed by atoms with Crippen molar-refractivity contribution in [2.24, 2.45) is 5.92 Å². The lowest BCUT2D eigenvalue weighted by molar-refractivity contribution is -0.143. The first-order valence-corrected chi connectivity index (χ1v) is 9.64. The minimum absolute atomic E-state index is 0.0628. The summed E-state index contributed by atoms with van der Waals surface area (Å²) in [4.78, 5) is 11.2. The smallest absolute Gasteiger partial charge is 0.322 e.